The normalized spacial score (nSPS) is 12.0. The number of rotatable bonds is 6. The van der Waals surface area contributed by atoms with E-state index in [2.05, 4.69) is 11.6 Å². The Labute approximate surface area is 178 Å². The molecule has 0 atom stereocenters. The lowest BCUT2D eigenvalue weighted by molar-refractivity contribution is 0.102. The molecule has 29 heavy (non-hydrogen) atoms. The molecule has 0 saturated carbocycles. The molecule has 150 valence electrons. The van der Waals surface area contributed by atoms with Crippen LogP contribution in [0, 0.1) is 0 Å². The third-order valence-electron chi connectivity index (χ3n) is 4.48. The van der Waals surface area contributed by atoms with Crippen LogP contribution in [0.15, 0.2) is 48.8 Å². The molecule has 1 aromatic heterocycles. The van der Waals surface area contributed by atoms with E-state index >= 15 is 0 Å². The number of halogens is 2. The van der Waals surface area contributed by atoms with Crippen molar-refractivity contribution < 1.29 is 9.90 Å². The molecule has 2 aromatic carbocycles. The first-order valence-corrected chi connectivity index (χ1v) is 9.53. The highest BCUT2D eigenvalue weighted by Gasteiger charge is 2.21. The Morgan fingerprint density at radius 1 is 1.28 bits per heavy atom. The Hall–Kier alpha value is -2.64. The molecule has 0 unspecified atom stereocenters. The summed E-state index contributed by atoms with van der Waals surface area (Å²) in [6.07, 6.45) is 3.14. The second kappa shape index (κ2) is 8.80. The summed E-state index contributed by atoms with van der Waals surface area (Å²) in [4.78, 5) is 17.4. The van der Waals surface area contributed by atoms with Crippen LogP contribution in [0.25, 0.3) is 23.4 Å². The van der Waals surface area contributed by atoms with E-state index < -0.39 is 0 Å². The molecule has 0 spiro atoms. The zero-order valence-electron chi connectivity index (χ0n) is 15.8. The summed E-state index contributed by atoms with van der Waals surface area (Å²) in [5.41, 5.74) is 1.73. The number of benzene rings is 2. The van der Waals surface area contributed by atoms with Gasteiger partial charge in [-0.15, -0.1) is 0 Å². The van der Waals surface area contributed by atoms with Crippen molar-refractivity contribution in [3.05, 3.63) is 75.1 Å². The summed E-state index contributed by atoms with van der Waals surface area (Å²) >= 11 is 12.4. The number of Topliss-reactive ketones (excluding diaryl/α,β-unsaturated/α-hetero) is 1. The number of likely N-dealkylation sites (N-methyl/N-ethyl adjacent to an activating group) is 1. The minimum Gasteiger partial charge on any atom is -0.395 e. The number of hydrogen-bond acceptors (Lipinski definition) is 5. The van der Waals surface area contributed by atoms with Gasteiger partial charge in [0.15, 0.2) is 5.82 Å². The van der Waals surface area contributed by atoms with Crippen LogP contribution < -0.4 is 16.3 Å². The minimum atomic E-state index is -0.377. The number of nitrogens with two attached hydrogens (primary N) is 1. The lowest BCUT2D eigenvalue weighted by atomic mass is 10.0. The van der Waals surface area contributed by atoms with Crippen molar-refractivity contribution in [2.24, 2.45) is 5.84 Å². The molecule has 0 radical (unpaired) electrons. The van der Waals surface area contributed by atoms with E-state index in [-0.39, 0.29) is 30.5 Å². The number of imidazole rings is 1. The largest absolute Gasteiger partial charge is 0.395 e. The van der Waals surface area contributed by atoms with Gasteiger partial charge in [-0.3, -0.25) is 4.79 Å². The van der Waals surface area contributed by atoms with Gasteiger partial charge in [0.25, 0.3) is 0 Å². The van der Waals surface area contributed by atoms with Gasteiger partial charge >= 0.3 is 0 Å². The van der Waals surface area contributed by atoms with E-state index in [0.717, 1.165) is 11.1 Å². The zero-order valence-corrected chi connectivity index (χ0v) is 17.3. The maximum atomic E-state index is 13.3. The number of aromatic nitrogens is 2. The van der Waals surface area contributed by atoms with Gasteiger partial charge in [-0.2, -0.15) is 0 Å². The second-order valence-corrected chi connectivity index (χ2v) is 7.26. The minimum absolute atomic E-state index is 0.116. The lowest BCUT2D eigenvalue weighted by Crippen LogP contribution is -2.40. The van der Waals surface area contributed by atoms with Gasteiger partial charge in [0.05, 0.1) is 6.61 Å². The summed E-state index contributed by atoms with van der Waals surface area (Å²) in [6.45, 7) is 4.31. The van der Waals surface area contributed by atoms with Gasteiger partial charge in [-0.1, -0.05) is 54.0 Å². The number of nitrogens with zero attached hydrogens (tertiary/aromatic N) is 3. The number of carbonyl (C=O) groups excluding carboxylic acids is 1. The molecule has 0 fully saturated rings. The molecular weight excluding hydrogens is 411 g/mol. The van der Waals surface area contributed by atoms with Gasteiger partial charge < -0.3 is 14.7 Å². The van der Waals surface area contributed by atoms with E-state index in [4.69, 9.17) is 29.0 Å². The van der Waals surface area contributed by atoms with Crippen LogP contribution in [0.2, 0.25) is 10.0 Å². The van der Waals surface area contributed by atoms with Crippen molar-refractivity contribution in [1.82, 2.24) is 14.6 Å². The van der Waals surface area contributed by atoms with Crippen LogP contribution in [-0.4, -0.2) is 39.1 Å². The van der Waals surface area contributed by atoms with Gasteiger partial charge in [0.2, 0.25) is 5.78 Å². The van der Waals surface area contributed by atoms with Crippen LogP contribution in [0.3, 0.4) is 0 Å². The first-order valence-electron chi connectivity index (χ1n) is 8.78. The molecule has 0 amide bonds. The average molecular weight is 431 g/mol. The van der Waals surface area contributed by atoms with Crippen molar-refractivity contribution in [2.75, 3.05) is 13.7 Å². The van der Waals surface area contributed by atoms with Crippen molar-refractivity contribution in [3.8, 4) is 11.1 Å². The molecule has 6 nitrogen and oxygen atoms in total. The fraction of sp³-hybridized carbons (Fsp3) is 0.143. The summed E-state index contributed by atoms with van der Waals surface area (Å²) < 4.78 is 1.58. The van der Waals surface area contributed by atoms with Crippen LogP contribution in [0.1, 0.15) is 10.6 Å². The van der Waals surface area contributed by atoms with E-state index in [0.29, 0.717) is 20.5 Å². The molecule has 8 heteroatoms. The van der Waals surface area contributed by atoms with Crippen molar-refractivity contribution >= 4 is 41.3 Å². The molecule has 0 aliphatic rings. The third kappa shape index (κ3) is 4.21. The van der Waals surface area contributed by atoms with Gasteiger partial charge in [-0.25, -0.2) is 10.8 Å². The first-order chi connectivity index (χ1) is 13.8. The summed E-state index contributed by atoms with van der Waals surface area (Å²) in [6, 6.07) is 10.6. The van der Waals surface area contributed by atoms with Crippen LogP contribution in [-0.2, 0) is 6.54 Å². The quantitative estimate of drug-likeness (QED) is 0.355. The predicted octanol–water partition coefficient (Wildman–Crippen LogP) is 2.06. The zero-order chi connectivity index (χ0) is 21.1. The first kappa shape index (κ1) is 21.1. The number of hydrazine groups is 1. The van der Waals surface area contributed by atoms with Gasteiger partial charge in [0.1, 0.15) is 5.70 Å². The monoisotopic (exact) mass is 430 g/mol. The topological polar surface area (TPSA) is 84.4 Å². The Bertz CT molecular complexity index is 1170. The third-order valence-corrected chi connectivity index (χ3v) is 5.03. The van der Waals surface area contributed by atoms with Crippen LogP contribution in [0.4, 0.5) is 0 Å². The average Bonchev–Trinajstić information content (AvgIpc) is 3.12. The SMILES string of the molecule is C=c1c(-c2ccc(Cl)cc2Cl)ccc/c1=C(\C(=O)c1nccn1CCO)N(C)N. The lowest BCUT2D eigenvalue weighted by Gasteiger charge is -2.17. The fourth-order valence-electron chi connectivity index (χ4n) is 3.15. The van der Waals surface area contributed by atoms with E-state index in [1.54, 1.807) is 48.1 Å². The molecule has 0 bridgehead atoms. The Morgan fingerprint density at radius 3 is 2.69 bits per heavy atom. The highest BCUT2D eigenvalue weighted by atomic mass is 35.5. The number of ketones is 1. The smallest absolute Gasteiger partial charge is 0.246 e. The molecule has 0 aliphatic heterocycles. The van der Waals surface area contributed by atoms with Crippen LogP contribution >= 0.6 is 23.2 Å². The number of carbonyl (C=O) groups is 1. The highest BCUT2D eigenvalue weighted by molar-refractivity contribution is 6.36. The maximum absolute atomic E-state index is 13.3. The molecular formula is C21H20Cl2N4O2. The molecule has 3 N–H and O–H groups in total. The van der Waals surface area contributed by atoms with Crippen molar-refractivity contribution in [2.45, 2.75) is 6.54 Å². The Morgan fingerprint density at radius 2 is 2.03 bits per heavy atom. The second-order valence-electron chi connectivity index (χ2n) is 6.41. The molecule has 1 heterocycles. The van der Waals surface area contributed by atoms with E-state index in [9.17, 15) is 9.90 Å². The molecule has 3 aromatic rings. The summed E-state index contributed by atoms with van der Waals surface area (Å²) in [5.74, 6) is 5.83. The number of aliphatic hydroxyl groups excluding tert-OH is 1. The molecule has 3 rings (SSSR count). The number of hydrogen-bond donors (Lipinski definition) is 2. The Balaban J connectivity index is 2.25. The fourth-order valence-corrected chi connectivity index (χ4v) is 3.66. The van der Waals surface area contributed by atoms with Gasteiger partial charge in [0, 0.05) is 46.8 Å². The molecule has 0 saturated heterocycles. The van der Waals surface area contributed by atoms with Crippen molar-refractivity contribution in [3.63, 3.8) is 0 Å². The highest BCUT2D eigenvalue weighted by Crippen LogP contribution is 2.28. The summed E-state index contributed by atoms with van der Waals surface area (Å²) in [5, 5.41) is 12.6. The van der Waals surface area contributed by atoms with E-state index in [1.807, 2.05) is 6.07 Å². The standard InChI is InChI=1S/C21H20Cl2N4O2/c1-13-15(17-7-6-14(22)12-18(17)23)4-3-5-16(13)19(26(2)24)20(29)21-25-8-9-27(21)10-11-28/h3-9,12,28H,1,10-11,24H2,2H3/b19-16-. The Kier molecular flexibility index (Phi) is 6.39. The predicted molar refractivity (Wildman–Crippen MR) is 116 cm³/mol. The maximum Gasteiger partial charge on any atom is 0.246 e. The summed E-state index contributed by atoms with van der Waals surface area (Å²) in [7, 11) is 1.58. The van der Waals surface area contributed by atoms with Crippen LogP contribution in [0.5, 0.6) is 0 Å². The molecule has 0 aliphatic carbocycles. The van der Waals surface area contributed by atoms with Crippen molar-refractivity contribution in [1.29, 1.82) is 0 Å². The number of aliphatic hydroxyl groups is 1. The van der Waals surface area contributed by atoms with E-state index in [1.165, 1.54) is 11.2 Å². The van der Waals surface area contributed by atoms with Gasteiger partial charge in [-0.05, 0) is 22.9 Å².